The van der Waals surface area contributed by atoms with Gasteiger partial charge in [0.25, 0.3) is 0 Å². The van der Waals surface area contributed by atoms with Crippen molar-refractivity contribution in [3.05, 3.63) is 64.9 Å². The molecule has 0 saturated carbocycles. The second kappa shape index (κ2) is 9.04. The van der Waals surface area contributed by atoms with E-state index in [1.54, 1.807) is 19.2 Å². The lowest BCUT2D eigenvalue weighted by atomic mass is 9.87. The molecule has 5 heteroatoms. The van der Waals surface area contributed by atoms with Crippen LogP contribution in [-0.2, 0) is 0 Å². The Morgan fingerprint density at radius 2 is 1.35 bits per heavy atom. The minimum Gasteiger partial charge on any atom is -0.381 e. The SMILES string of the molecule is Cc1c(C)c(-c2ccc(NC(C)C)nc2)c(F)c(C)c1-c1ccc(NC(C)C)c(F)c1. The molecule has 3 rings (SSSR count). The van der Waals surface area contributed by atoms with Gasteiger partial charge in [0, 0.05) is 29.4 Å². The topological polar surface area (TPSA) is 37.0 Å². The number of nitrogens with one attached hydrogen (secondary N) is 2. The van der Waals surface area contributed by atoms with Crippen LogP contribution in [-0.4, -0.2) is 17.1 Å². The fraction of sp³-hybridized carbons (Fsp3) is 0.346. The van der Waals surface area contributed by atoms with Crippen LogP contribution in [0.1, 0.15) is 44.4 Å². The maximum Gasteiger partial charge on any atom is 0.146 e. The number of benzene rings is 2. The third-order valence-electron chi connectivity index (χ3n) is 5.43. The van der Waals surface area contributed by atoms with Crippen LogP contribution in [0.3, 0.4) is 0 Å². The Balaban J connectivity index is 2.08. The van der Waals surface area contributed by atoms with E-state index in [9.17, 15) is 4.39 Å². The summed E-state index contributed by atoms with van der Waals surface area (Å²) in [5, 5.41) is 6.33. The number of aromatic nitrogens is 1. The van der Waals surface area contributed by atoms with Gasteiger partial charge in [-0.3, -0.25) is 0 Å². The molecule has 0 radical (unpaired) electrons. The van der Waals surface area contributed by atoms with Crippen molar-refractivity contribution in [2.24, 2.45) is 0 Å². The van der Waals surface area contributed by atoms with Crippen molar-refractivity contribution in [1.82, 2.24) is 4.98 Å². The monoisotopic (exact) mass is 423 g/mol. The van der Waals surface area contributed by atoms with Crippen molar-refractivity contribution in [2.45, 2.75) is 60.5 Å². The van der Waals surface area contributed by atoms with Gasteiger partial charge in [0.15, 0.2) is 0 Å². The van der Waals surface area contributed by atoms with Gasteiger partial charge in [0.2, 0.25) is 0 Å². The first-order valence-electron chi connectivity index (χ1n) is 10.7. The molecule has 2 aromatic carbocycles. The molecule has 3 aromatic rings. The normalized spacial score (nSPS) is 11.3. The van der Waals surface area contributed by atoms with Gasteiger partial charge in [-0.2, -0.15) is 0 Å². The predicted octanol–water partition coefficient (Wildman–Crippen LogP) is 7.26. The van der Waals surface area contributed by atoms with E-state index in [0.717, 1.165) is 28.1 Å². The molecule has 0 atom stereocenters. The van der Waals surface area contributed by atoms with E-state index in [-0.39, 0.29) is 23.7 Å². The third-order valence-corrected chi connectivity index (χ3v) is 5.43. The molecule has 2 N–H and O–H groups in total. The van der Waals surface area contributed by atoms with E-state index in [4.69, 9.17) is 0 Å². The van der Waals surface area contributed by atoms with Gasteiger partial charge in [-0.1, -0.05) is 6.07 Å². The quantitative estimate of drug-likeness (QED) is 0.438. The van der Waals surface area contributed by atoms with Crippen molar-refractivity contribution in [1.29, 1.82) is 0 Å². The lowest BCUT2D eigenvalue weighted by Gasteiger charge is -2.20. The van der Waals surface area contributed by atoms with E-state index in [1.165, 1.54) is 6.07 Å². The predicted molar refractivity (Wildman–Crippen MR) is 127 cm³/mol. The molecule has 0 spiro atoms. The van der Waals surface area contributed by atoms with Gasteiger partial charge >= 0.3 is 0 Å². The summed E-state index contributed by atoms with van der Waals surface area (Å²) in [5.74, 6) is 0.117. The second-order valence-corrected chi connectivity index (χ2v) is 8.66. The Bertz CT molecular complexity index is 1060. The molecule has 0 saturated heterocycles. The fourth-order valence-corrected chi connectivity index (χ4v) is 3.92. The fourth-order valence-electron chi connectivity index (χ4n) is 3.92. The lowest BCUT2D eigenvalue weighted by Crippen LogP contribution is -2.11. The first-order valence-corrected chi connectivity index (χ1v) is 10.7. The highest BCUT2D eigenvalue weighted by atomic mass is 19.1. The maximum absolute atomic E-state index is 15.6. The number of rotatable bonds is 6. The Morgan fingerprint density at radius 3 is 1.90 bits per heavy atom. The van der Waals surface area contributed by atoms with Crippen LogP contribution >= 0.6 is 0 Å². The molecule has 164 valence electrons. The number of anilines is 2. The molecule has 0 fully saturated rings. The summed E-state index contributed by atoms with van der Waals surface area (Å²) >= 11 is 0. The highest BCUT2D eigenvalue weighted by molar-refractivity contribution is 5.81. The molecule has 0 aliphatic heterocycles. The summed E-state index contributed by atoms with van der Waals surface area (Å²) in [6.07, 6.45) is 1.70. The molecule has 0 aliphatic rings. The highest BCUT2D eigenvalue weighted by Gasteiger charge is 2.21. The van der Waals surface area contributed by atoms with Crippen LogP contribution in [0, 0.1) is 32.4 Å². The van der Waals surface area contributed by atoms with Crippen molar-refractivity contribution in [3.63, 3.8) is 0 Å². The Morgan fingerprint density at radius 1 is 0.742 bits per heavy atom. The molecule has 0 unspecified atom stereocenters. The largest absolute Gasteiger partial charge is 0.381 e. The van der Waals surface area contributed by atoms with Gasteiger partial charge in [-0.15, -0.1) is 0 Å². The van der Waals surface area contributed by atoms with E-state index >= 15 is 4.39 Å². The van der Waals surface area contributed by atoms with Crippen LogP contribution < -0.4 is 10.6 Å². The number of nitrogens with zero attached hydrogens (tertiary/aromatic N) is 1. The van der Waals surface area contributed by atoms with Crippen LogP contribution in [0.5, 0.6) is 0 Å². The Kier molecular flexibility index (Phi) is 6.63. The highest BCUT2D eigenvalue weighted by Crippen LogP contribution is 2.39. The van der Waals surface area contributed by atoms with Gasteiger partial charge in [0.05, 0.1) is 5.69 Å². The van der Waals surface area contributed by atoms with Crippen molar-refractivity contribution >= 4 is 11.5 Å². The lowest BCUT2D eigenvalue weighted by molar-refractivity contribution is 0.620. The van der Waals surface area contributed by atoms with Crippen LogP contribution in [0.15, 0.2) is 36.5 Å². The number of pyridine rings is 1. The van der Waals surface area contributed by atoms with Gasteiger partial charge in [0.1, 0.15) is 17.5 Å². The first kappa shape index (κ1) is 22.7. The average Bonchev–Trinajstić information content (AvgIpc) is 2.69. The minimum atomic E-state index is -0.343. The zero-order valence-electron chi connectivity index (χ0n) is 19.3. The van der Waals surface area contributed by atoms with E-state index < -0.39 is 0 Å². The zero-order chi connectivity index (χ0) is 22.9. The number of hydrogen-bond acceptors (Lipinski definition) is 3. The van der Waals surface area contributed by atoms with Crippen LogP contribution in [0.2, 0.25) is 0 Å². The summed E-state index contributed by atoms with van der Waals surface area (Å²) in [6.45, 7) is 13.6. The maximum atomic E-state index is 15.6. The molecule has 31 heavy (non-hydrogen) atoms. The van der Waals surface area contributed by atoms with Gasteiger partial charge in [-0.05, 0) is 101 Å². The summed E-state index contributed by atoms with van der Waals surface area (Å²) in [4.78, 5) is 4.43. The van der Waals surface area contributed by atoms with Crippen LogP contribution in [0.4, 0.5) is 20.3 Å². The zero-order valence-corrected chi connectivity index (χ0v) is 19.3. The third kappa shape index (κ3) is 4.71. The molecule has 0 amide bonds. The number of hydrogen-bond donors (Lipinski definition) is 2. The standard InChI is InChI=1S/C26H31F2N3/c1-14(2)30-22-10-8-19(12-21(22)27)24-16(5)17(6)25(26(28)18(24)7)20-9-11-23(29-13-20)31-15(3)4/h8-15,30H,1-7H3,(H,29,31). The van der Waals surface area contributed by atoms with Crippen molar-refractivity contribution in [3.8, 4) is 22.3 Å². The second-order valence-electron chi connectivity index (χ2n) is 8.66. The molecule has 3 nitrogen and oxygen atoms in total. The van der Waals surface area contributed by atoms with Crippen LogP contribution in [0.25, 0.3) is 22.3 Å². The Hall–Kier alpha value is -2.95. The van der Waals surface area contributed by atoms with Gasteiger partial charge < -0.3 is 10.6 Å². The summed E-state index contributed by atoms with van der Waals surface area (Å²) in [6, 6.07) is 9.18. The first-order chi connectivity index (χ1) is 14.6. The van der Waals surface area contributed by atoms with E-state index in [2.05, 4.69) is 15.6 Å². The smallest absolute Gasteiger partial charge is 0.146 e. The molecular weight excluding hydrogens is 392 g/mol. The summed E-state index contributed by atoms with van der Waals surface area (Å²) in [7, 11) is 0. The average molecular weight is 424 g/mol. The Labute approximate surface area is 183 Å². The number of halogens is 2. The molecule has 1 heterocycles. The minimum absolute atomic E-state index is 0.124. The van der Waals surface area contributed by atoms with Gasteiger partial charge in [-0.25, -0.2) is 13.8 Å². The molecule has 1 aromatic heterocycles. The van der Waals surface area contributed by atoms with E-state index in [1.807, 2.05) is 59.7 Å². The molecule has 0 bridgehead atoms. The van der Waals surface area contributed by atoms with Crippen molar-refractivity contribution in [2.75, 3.05) is 10.6 Å². The summed E-state index contributed by atoms with van der Waals surface area (Å²) in [5.41, 5.74) is 5.39. The summed E-state index contributed by atoms with van der Waals surface area (Å²) < 4.78 is 30.2. The molecular formula is C26H31F2N3. The van der Waals surface area contributed by atoms with E-state index in [0.29, 0.717) is 22.4 Å². The van der Waals surface area contributed by atoms with Crippen molar-refractivity contribution < 1.29 is 8.78 Å². The molecule has 0 aliphatic carbocycles.